The number of alkyl halides is 3. The molecule has 10 nitrogen and oxygen atoms in total. The number of anilines is 1. The number of hydrogen-bond acceptors (Lipinski definition) is 6. The summed E-state index contributed by atoms with van der Waals surface area (Å²) in [6.45, 7) is -0.0909. The van der Waals surface area contributed by atoms with Crippen LogP contribution in [0.3, 0.4) is 0 Å². The van der Waals surface area contributed by atoms with Crippen molar-refractivity contribution in [2.45, 2.75) is 38.0 Å². The zero-order valence-electron chi connectivity index (χ0n) is 18.0. The van der Waals surface area contributed by atoms with Crippen LogP contribution in [0.15, 0.2) is 18.2 Å². The number of carbonyl (C=O) groups is 5. The number of Topliss-reactive ketones (excluding diaryl/α,β-unsaturated/α-hetero) is 1. The summed E-state index contributed by atoms with van der Waals surface area (Å²) in [5, 5.41) is 9.22. The minimum absolute atomic E-state index is 0.0394. The molecule has 1 aromatic rings. The van der Waals surface area contributed by atoms with Crippen molar-refractivity contribution in [1.82, 2.24) is 16.0 Å². The molecule has 1 heterocycles. The van der Waals surface area contributed by atoms with E-state index in [2.05, 4.69) is 20.7 Å². The van der Waals surface area contributed by atoms with Crippen molar-refractivity contribution >= 4 is 46.9 Å². The molecule has 0 bridgehead atoms. The smallest absolute Gasteiger partial charge is 0.422 e. The number of halogens is 4. The van der Waals surface area contributed by atoms with Crippen molar-refractivity contribution < 1.29 is 41.9 Å². The molecule has 1 aromatic carbocycles. The average molecular weight is 507 g/mol. The van der Waals surface area contributed by atoms with Crippen LogP contribution in [0, 0.1) is 5.92 Å². The first kappa shape index (κ1) is 26.9. The van der Waals surface area contributed by atoms with Crippen LogP contribution in [0.25, 0.3) is 0 Å². The number of carbonyl (C=O) groups excluding carboxylic acids is 5. The van der Waals surface area contributed by atoms with Gasteiger partial charge in [0.2, 0.25) is 11.7 Å². The Morgan fingerprint density at radius 2 is 1.94 bits per heavy atom. The number of hydrogen-bond donors (Lipinski definition) is 4. The lowest BCUT2D eigenvalue weighted by Gasteiger charge is -2.20. The fourth-order valence-electron chi connectivity index (χ4n) is 3.30. The van der Waals surface area contributed by atoms with E-state index in [-0.39, 0.29) is 34.6 Å². The van der Waals surface area contributed by atoms with E-state index in [1.807, 2.05) is 5.32 Å². The van der Waals surface area contributed by atoms with E-state index in [1.54, 1.807) is 6.92 Å². The highest BCUT2D eigenvalue weighted by molar-refractivity contribution is 6.38. The molecule has 0 aromatic heterocycles. The van der Waals surface area contributed by atoms with Crippen LogP contribution in [-0.2, 0) is 19.1 Å². The molecule has 0 saturated carbocycles. The summed E-state index contributed by atoms with van der Waals surface area (Å²) in [7, 11) is 1.22. The van der Waals surface area contributed by atoms with Gasteiger partial charge in [-0.1, -0.05) is 11.6 Å². The number of nitrogens with one attached hydrogen (secondary N) is 4. The van der Waals surface area contributed by atoms with E-state index in [1.165, 1.54) is 13.1 Å². The molecule has 0 radical (unpaired) electrons. The maximum atomic E-state index is 12.9. The molecular formula is C20H22ClF3N4O6. The first-order valence-corrected chi connectivity index (χ1v) is 10.4. The molecule has 34 heavy (non-hydrogen) atoms. The lowest BCUT2D eigenvalue weighted by atomic mass is 9.93. The third-order valence-electron chi connectivity index (χ3n) is 4.82. The molecular weight excluding hydrogens is 485 g/mol. The van der Waals surface area contributed by atoms with Crippen molar-refractivity contribution in [2.24, 2.45) is 5.92 Å². The second kappa shape index (κ2) is 11.2. The Kier molecular flexibility index (Phi) is 8.85. The monoisotopic (exact) mass is 506 g/mol. The number of benzene rings is 1. The van der Waals surface area contributed by atoms with E-state index in [0.717, 1.165) is 12.1 Å². The van der Waals surface area contributed by atoms with E-state index >= 15 is 0 Å². The lowest BCUT2D eigenvalue weighted by Crippen LogP contribution is -2.48. The third kappa shape index (κ3) is 7.61. The van der Waals surface area contributed by atoms with Gasteiger partial charge in [0.25, 0.3) is 11.8 Å². The van der Waals surface area contributed by atoms with E-state index in [9.17, 15) is 37.1 Å². The second-order valence-electron chi connectivity index (χ2n) is 7.55. The molecule has 14 heteroatoms. The summed E-state index contributed by atoms with van der Waals surface area (Å²) in [4.78, 5) is 61.2. The summed E-state index contributed by atoms with van der Waals surface area (Å²) in [5.74, 6) is -3.97. The fourth-order valence-corrected chi connectivity index (χ4v) is 3.47. The molecule has 0 spiro atoms. The highest BCUT2D eigenvalue weighted by Crippen LogP contribution is 2.24. The van der Waals surface area contributed by atoms with Crippen LogP contribution >= 0.6 is 11.6 Å². The molecule has 1 aliphatic heterocycles. The average Bonchev–Trinajstić information content (AvgIpc) is 3.07. The molecule has 1 fully saturated rings. The Bertz CT molecular complexity index is 988. The van der Waals surface area contributed by atoms with Crippen LogP contribution < -0.4 is 21.3 Å². The van der Waals surface area contributed by atoms with Gasteiger partial charge in [0, 0.05) is 24.0 Å². The van der Waals surface area contributed by atoms with Crippen molar-refractivity contribution in [3.05, 3.63) is 28.8 Å². The number of likely N-dealkylation sites (N-methyl/N-ethyl adjacent to an activating group) is 1. The van der Waals surface area contributed by atoms with Gasteiger partial charge in [-0.05, 0) is 38.0 Å². The lowest BCUT2D eigenvalue weighted by molar-refractivity contribution is -0.159. The Labute approximate surface area is 196 Å². The summed E-state index contributed by atoms with van der Waals surface area (Å²) in [6, 6.07) is 1.94. The second-order valence-corrected chi connectivity index (χ2v) is 7.99. The molecule has 4 N–H and O–H groups in total. The summed E-state index contributed by atoms with van der Waals surface area (Å²) >= 11 is 5.91. The maximum absolute atomic E-state index is 12.9. The van der Waals surface area contributed by atoms with Gasteiger partial charge in [0.1, 0.15) is 0 Å². The van der Waals surface area contributed by atoms with Gasteiger partial charge in [-0.3, -0.25) is 24.5 Å². The van der Waals surface area contributed by atoms with Crippen LogP contribution in [0.2, 0.25) is 5.02 Å². The Balaban J connectivity index is 2.24. The minimum atomic E-state index is -4.75. The van der Waals surface area contributed by atoms with E-state index in [4.69, 9.17) is 11.6 Å². The summed E-state index contributed by atoms with van der Waals surface area (Å²) < 4.78 is 40.9. The zero-order valence-corrected chi connectivity index (χ0v) is 18.8. The highest BCUT2D eigenvalue weighted by atomic mass is 35.5. The first-order chi connectivity index (χ1) is 15.8. The molecule has 1 saturated heterocycles. The van der Waals surface area contributed by atoms with Crippen molar-refractivity contribution in [3.8, 4) is 0 Å². The Morgan fingerprint density at radius 3 is 2.50 bits per heavy atom. The van der Waals surface area contributed by atoms with Crippen molar-refractivity contribution in [2.75, 3.05) is 19.0 Å². The molecule has 0 aliphatic carbocycles. The maximum Gasteiger partial charge on any atom is 0.422 e. The Hall–Kier alpha value is -3.35. The van der Waals surface area contributed by atoms with Gasteiger partial charge < -0.3 is 20.7 Å². The van der Waals surface area contributed by atoms with Crippen molar-refractivity contribution in [3.63, 3.8) is 0 Å². The fraction of sp³-hybridized carbons (Fsp3) is 0.450. The van der Waals surface area contributed by atoms with Crippen molar-refractivity contribution in [1.29, 1.82) is 0 Å². The quantitative estimate of drug-likeness (QED) is 0.396. The number of amides is 4. The molecule has 1 aliphatic rings. The van der Waals surface area contributed by atoms with Gasteiger partial charge in [0.15, 0.2) is 6.61 Å². The van der Waals surface area contributed by atoms with E-state index in [0.29, 0.717) is 6.42 Å². The van der Waals surface area contributed by atoms with Gasteiger partial charge >= 0.3 is 12.3 Å². The minimum Gasteiger partial charge on any atom is -0.440 e. The number of rotatable bonds is 8. The van der Waals surface area contributed by atoms with Gasteiger partial charge in [0.05, 0.1) is 17.3 Å². The molecule has 4 amide bonds. The number of ketones is 1. The van der Waals surface area contributed by atoms with E-state index < -0.39 is 48.4 Å². The van der Waals surface area contributed by atoms with Crippen LogP contribution in [0.5, 0.6) is 0 Å². The normalized spacial score (nSPS) is 18.5. The van der Waals surface area contributed by atoms with Gasteiger partial charge in [-0.25, -0.2) is 4.79 Å². The first-order valence-electron chi connectivity index (χ1n) is 9.98. The Morgan fingerprint density at radius 1 is 1.26 bits per heavy atom. The number of ether oxygens (including phenoxy) is 1. The van der Waals surface area contributed by atoms with Gasteiger partial charge in [-0.15, -0.1) is 0 Å². The summed E-state index contributed by atoms with van der Waals surface area (Å²) in [5.41, 5.74) is -0.567. The predicted molar refractivity (Wildman–Crippen MR) is 113 cm³/mol. The molecule has 3 atom stereocenters. The zero-order chi connectivity index (χ0) is 25.6. The topological polar surface area (TPSA) is 143 Å². The molecule has 0 unspecified atom stereocenters. The molecule has 2 rings (SSSR count). The summed E-state index contributed by atoms with van der Waals surface area (Å²) in [6.07, 6.45) is -6.04. The standard InChI is InChI=1S/C20H22ClF3N4O6/c1-9-5-10(16(30)26-9)6-14(15(29)18(32)25-2)27-17(31)12-7-11(21)3-4-13(12)28-19(33)34-8-20(22,23)24/h3-4,7,9-10,14H,5-6,8H2,1-2H3,(H,25,32)(H,26,30)(H,27,31)(H,28,33)/t9-,10+,14+/m1/s1. The SMILES string of the molecule is CNC(=O)C(=O)[C@H](C[C@@H]1C[C@@H](C)NC1=O)NC(=O)c1cc(Cl)ccc1NC(=O)OCC(F)(F)F. The third-order valence-corrected chi connectivity index (χ3v) is 5.06. The highest BCUT2D eigenvalue weighted by Gasteiger charge is 2.36. The largest absolute Gasteiger partial charge is 0.440 e. The predicted octanol–water partition coefficient (Wildman–Crippen LogP) is 1.78. The van der Waals surface area contributed by atoms with Crippen LogP contribution in [0.4, 0.5) is 23.7 Å². The molecule has 186 valence electrons. The van der Waals surface area contributed by atoms with Crippen LogP contribution in [0.1, 0.15) is 30.1 Å². The van der Waals surface area contributed by atoms with Gasteiger partial charge in [-0.2, -0.15) is 13.2 Å². The van der Waals surface area contributed by atoms with Crippen LogP contribution in [-0.4, -0.2) is 61.5 Å².